The molecule has 1 aliphatic rings. The van der Waals surface area contributed by atoms with Crippen molar-refractivity contribution in [1.82, 2.24) is 0 Å². The number of hydrogen-bond acceptors (Lipinski definition) is 2. The highest BCUT2D eigenvalue weighted by Crippen LogP contribution is 2.32. The van der Waals surface area contributed by atoms with Crippen molar-refractivity contribution < 1.29 is 0 Å². The van der Waals surface area contributed by atoms with Crippen LogP contribution in [0.4, 0.5) is 5.69 Å². The molecule has 142 valence electrons. The number of aryl methyl sites for hydroxylation is 3. The first kappa shape index (κ1) is 20.3. The highest BCUT2D eigenvalue weighted by Gasteiger charge is 2.10. The molecule has 0 radical (unpaired) electrons. The molecule has 0 unspecified atom stereocenters. The predicted molar refractivity (Wildman–Crippen MR) is 125 cm³/mol. The van der Waals surface area contributed by atoms with Crippen LogP contribution in [0.5, 0.6) is 0 Å². The van der Waals surface area contributed by atoms with E-state index in [1.54, 1.807) is 11.8 Å². The van der Waals surface area contributed by atoms with Crippen LogP contribution in [0, 0.1) is 6.92 Å². The second-order valence-corrected chi connectivity index (χ2v) is 9.34. The van der Waals surface area contributed by atoms with Crippen LogP contribution in [0.2, 0.25) is 0 Å². The van der Waals surface area contributed by atoms with Crippen molar-refractivity contribution in [3.63, 3.8) is 0 Å². The van der Waals surface area contributed by atoms with Gasteiger partial charge in [0.2, 0.25) is 0 Å². The van der Waals surface area contributed by atoms with E-state index in [1.807, 2.05) is 6.07 Å². The topological polar surface area (TPSA) is 26.0 Å². The second-order valence-electron chi connectivity index (χ2n) is 7.53. The Kier molecular flexibility index (Phi) is 6.88. The van der Waals surface area contributed by atoms with E-state index in [-0.39, 0.29) is 0 Å². The fraction of sp³-hybridized carbons (Fsp3) is 0.333. The Morgan fingerprint density at radius 3 is 2.67 bits per heavy atom. The number of nitrogen functional groups attached to an aromatic ring is 1. The number of thioether (sulfide) groups is 1. The van der Waals surface area contributed by atoms with Gasteiger partial charge in [0.05, 0.1) is 0 Å². The molecule has 0 spiro atoms. The lowest BCUT2D eigenvalue weighted by Gasteiger charge is -2.11. The molecule has 2 aromatic rings. The molecule has 0 amide bonds. The standard InChI is InChI=1S/C24H28BrNS/c1-16(11-22-12-17(2)24(26)14-23(22)25)15-27-18(3)20-10-9-19-7-5-4-6-8-21(19)13-20/h9-10,12-15H,3-8,11,26H2,1-2H3/b16-15+. The van der Waals surface area contributed by atoms with Crippen molar-refractivity contribution in [3.8, 4) is 0 Å². The average Bonchev–Trinajstić information content (AvgIpc) is 2.89. The molecule has 0 heterocycles. The second kappa shape index (κ2) is 9.16. The maximum Gasteiger partial charge on any atom is 0.0355 e. The summed E-state index contributed by atoms with van der Waals surface area (Å²) >= 11 is 5.37. The van der Waals surface area contributed by atoms with Crippen LogP contribution < -0.4 is 5.73 Å². The minimum absolute atomic E-state index is 0.832. The van der Waals surface area contributed by atoms with Crippen molar-refractivity contribution in [3.05, 3.63) is 80.2 Å². The number of halogens is 1. The molecule has 0 aliphatic heterocycles. The van der Waals surface area contributed by atoms with E-state index in [4.69, 9.17) is 5.73 Å². The molecule has 0 atom stereocenters. The van der Waals surface area contributed by atoms with Crippen LogP contribution in [0.15, 0.2) is 52.4 Å². The van der Waals surface area contributed by atoms with Gasteiger partial charge in [0.1, 0.15) is 0 Å². The van der Waals surface area contributed by atoms with E-state index in [2.05, 4.69) is 66.0 Å². The average molecular weight is 442 g/mol. The summed E-state index contributed by atoms with van der Waals surface area (Å²) < 4.78 is 1.08. The Labute approximate surface area is 176 Å². The van der Waals surface area contributed by atoms with Gasteiger partial charge in [-0.05, 0) is 85.2 Å². The Morgan fingerprint density at radius 1 is 1.15 bits per heavy atom. The molecule has 0 fully saturated rings. The normalized spacial score (nSPS) is 14.6. The van der Waals surface area contributed by atoms with Crippen LogP contribution >= 0.6 is 27.7 Å². The number of benzene rings is 2. The van der Waals surface area contributed by atoms with E-state index in [9.17, 15) is 0 Å². The van der Waals surface area contributed by atoms with Gasteiger partial charge in [-0.15, -0.1) is 0 Å². The van der Waals surface area contributed by atoms with E-state index in [1.165, 1.54) is 59.9 Å². The Balaban J connectivity index is 1.67. The molecule has 0 bridgehead atoms. The number of hydrogen-bond donors (Lipinski definition) is 1. The number of nitrogens with two attached hydrogens (primary N) is 1. The van der Waals surface area contributed by atoms with Crippen LogP contribution in [-0.2, 0) is 19.3 Å². The van der Waals surface area contributed by atoms with E-state index >= 15 is 0 Å². The lowest BCUT2D eigenvalue weighted by atomic mass is 10.00. The van der Waals surface area contributed by atoms with Gasteiger partial charge in [0.25, 0.3) is 0 Å². The Bertz CT molecular complexity index is 882. The van der Waals surface area contributed by atoms with Crippen molar-refractivity contribution in [2.75, 3.05) is 5.73 Å². The fourth-order valence-corrected chi connectivity index (χ4v) is 4.75. The van der Waals surface area contributed by atoms with Crippen molar-refractivity contribution in [2.45, 2.75) is 52.4 Å². The summed E-state index contributed by atoms with van der Waals surface area (Å²) in [5.74, 6) is 0. The summed E-state index contributed by atoms with van der Waals surface area (Å²) in [6.45, 7) is 8.54. The van der Waals surface area contributed by atoms with Crippen LogP contribution in [0.25, 0.3) is 4.91 Å². The first-order valence-corrected chi connectivity index (χ1v) is 11.3. The fourth-order valence-electron chi connectivity index (χ4n) is 3.56. The quantitative estimate of drug-likeness (QED) is 0.384. The van der Waals surface area contributed by atoms with Crippen molar-refractivity contribution >= 4 is 38.3 Å². The highest BCUT2D eigenvalue weighted by molar-refractivity contribution is 9.10. The summed E-state index contributed by atoms with van der Waals surface area (Å²) in [6.07, 6.45) is 7.33. The predicted octanol–water partition coefficient (Wildman–Crippen LogP) is 7.46. The van der Waals surface area contributed by atoms with E-state index in [0.29, 0.717) is 0 Å². The lowest BCUT2D eigenvalue weighted by Crippen LogP contribution is -1.95. The number of rotatable bonds is 5. The number of fused-ring (bicyclic) bond motifs is 1. The van der Waals surface area contributed by atoms with E-state index in [0.717, 1.165) is 27.0 Å². The van der Waals surface area contributed by atoms with Gasteiger partial charge in [0, 0.05) is 15.1 Å². The first-order chi connectivity index (χ1) is 12.9. The minimum Gasteiger partial charge on any atom is -0.398 e. The van der Waals surface area contributed by atoms with E-state index < -0.39 is 0 Å². The smallest absolute Gasteiger partial charge is 0.0355 e. The third-order valence-electron chi connectivity index (χ3n) is 5.23. The number of allylic oxidation sites excluding steroid dienone is 1. The SMILES string of the molecule is C=C(S/C=C(\C)Cc1cc(C)c(N)cc1Br)c1ccc2c(c1)CCCCC2. The molecular weight excluding hydrogens is 414 g/mol. The van der Waals surface area contributed by atoms with Crippen LogP contribution in [-0.4, -0.2) is 0 Å². The van der Waals surface area contributed by atoms with Crippen molar-refractivity contribution in [1.29, 1.82) is 0 Å². The molecule has 1 nitrogen and oxygen atoms in total. The molecule has 0 aromatic heterocycles. The summed E-state index contributed by atoms with van der Waals surface area (Å²) in [6, 6.07) is 11.1. The molecule has 2 aromatic carbocycles. The summed E-state index contributed by atoms with van der Waals surface area (Å²) in [5, 5.41) is 2.23. The zero-order valence-electron chi connectivity index (χ0n) is 16.3. The monoisotopic (exact) mass is 441 g/mol. The molecule has 0 saturated carbocycles. The maximum absolute atomic E-state index is 5.98. The zero-order chi connectivity index (χ0) is 19.4. The largest absolute Gasteiger partial charge is 0.398 e. The first-order valence-electron chi connectivity index (χ1n) is 9.62. The Morgan fingerprint density at radius 2 is 1.89 bits per heavy atom. The zero-order valence-corrected chi connectivity index (χ0v) is 18.7. The van der Waals surface area contributed by atoms with Gasteiger partial charge in [-0.3, -0.25) is 0 Å². The maximum atomic E-state index is 5.98. The molecule has 3 rings (SSSR count). The van der Waals surface area contributed by atoms with Crippen LogP contribution in [0.3, 0.4) is 0 Å². The molecule has 2 N–H and O–H groups in total. The van der Waals surface area contributed by atoms with Gasteiger partial charge < -0.3 is 5.73 Å². The third kappa shape index (κ3) is 5.30. The third-order valence-corrected chi connectivity index (χ3v) is 7.01. The lowest BCUT2D eigenvalue weighted by molar-refractivity contribution is 0.711. The molecule has 1 aliphatic carbocycles. The van der Waals surface area contributed by atoms with Gasteiger partial charge in [0.15, 0.2) is 0 Å². The molecular formula is C24H28BrNS. The van der Waals surface area contributed by atoms with Gasteiger partial charge in [-0.2, -0.15) is 0 Å². The molecule has 0 saturated heterocycles. The summed E-state index contributed by atoms with van der Waals surface area (Å²) in [7, 11) is 0. The summed E-state index contributed by atoms with van der Waals surface area (Å²) in [4.78, 5) is 1.12. The highest BCUT2D eigenvalue weighted by atomic mass is 79.9. The number of anilines is 1. The van der Waals surface area contributed by atoms with Gasteiger partial charge >= 0.3 is 0 Å². The van der Waals surface area contributed by atoms with Gasteiger partial charge in [-0.1, -0.05) is 70.5 Å². The van der Waals surface area contributed by atoms with Gasteiger partial charge in [-0.25, -0.2) is 0 Å². The molecule has 27 heavy (non-hydrogen) atoms. The van der Waals surface area contributed by atoms with Crippen molar-refractivity contribution in [2.24, 2.45) is 0 Å². The molecule has 3 heteroatoms. The Hall–Kier alpha value is -1.45. The van der Waals surface area contributed by atoms with Crippen LogP contribution in [0.1, 0.15) is 54.0 Å². The summed E-state index contributed by atoms with van der Waals surface area (Å²) in [5.41, 5.74) is 14.8. The minimum atomic E-state index is 0.832.